The van der Waals surface area contributed by atoms with Gasteiger partial charge in [0.1, 0.15) is 0 Å². The predicted molar refractivity (Wildman–Crippen MR) is 73.5 cm³/mol. The standard InChI is InChI=1S/C15H9F3N2O2/c16-15(17,18)10-4-1-8(2-5-10)9-3-6-11-12(7-9)20-13(19-11)14(21)22/h1-7H,(H,19,20)(H,21,22). The number of benzene rings is 2. The summed E-state index contributed by atoms with van der Waals surface area (Å²) in [5.74, 6) is -1.35. The van der Waals surface area contributed by atoms with Crippen LogP contribution in [0.4, 0.5) is 13.2 Å². The third kappa shape index (κ3) is 2.52. The van der Waals surface area contributed by atoms with Gasteiger partial charge in [-0.1, -0.05) is 18.2 Å². The average molecular weight is 306 g/mol. The number of aromatic amines is 1. The number of hydrogen-bond donors (Lipinski definition) is 2. The van der Waals surface area contributed by atoms with Gasteiger partial charge in [0.05, 0.1) is 16.6 Å². The summed E-state index contributed by atoms with van der Waals surface area (Å²) in [4.78, 5) is 17.4. The molecule has 0 fully saturated rings. The number of nitrogens with one attached hydrogen (secondary N) is 1. The van der Waals surface area contributed by atoms with Crippen LogP contribution in [0, 0.1) is 0 Å². The van der Waals surface area contributed by atoms with Gasteiger partial charge in [0.25, 0.3) is 0 Å². The number of carboxylic acid groups (broad SMARTS) is 1. The van der Waals surface area contributed by atoms with Gasteiger partial charge < -0.3 is 10.1 Å². The van der Waals surface area contributed by atoms with Gasteiger partial charge in [0.2, 0.25) is 5.82 Å². The predicted octanol–water partition coefficient (Wildman–Crippen LogP) is 3.95. The number of carboxylic acids is 1. The highest BCUT2D eigenvalue weighted by Crippen LogP contribution is 2.31. The van der Waals surface area contributed by atoms with Crippen LogP contribution in [0.25, 0.3) is 22.2 Å². The zero-order chi connectivity index (χ0) is 15.9. The average Bonchev–Trinajstić information content (AvgIpc) is 2.89. The first kappa shape index (κ1) is 14.1. The van der Waals surface area contributed by atoms with Crippen LogP contribution in [-0.2, 0) is 6.18 Å². The Bertz CT molecular complexity index is 851. The molecule has 1 aromatic heterocycles. The fourth-order valence-electron chi connectivity index (χ4n) is 2.14. The summed E-state index contributed by atoms with van der Waals surface area (Å²) >= 11 is 0. The lowest BCUT2D eigenvalue weighted by atomic mass is 10.0. The quantitative estimate of drug-likeness (QED) is 0.753. The maximum absolute atomic E-state index is 12.5. The van der Waals surface area contributed by atoms with Gasteiger partial charge in [-0.05, 0) is 35.4 Å². The summed E-state index contributed by atoms with van der Waals surface area (Å²) in [6, 6.07) is 9.71. The van der Waals surface area contributed by atoms with Crippen molar-refractivity contribution in [3.63, 3.8) is 0 Å². The molecule has 0 atom stereocenters. The molecule has 2 N–H and O–H groups in total. The third-order valence-electron chi connectivity index (χ3n) is 3.23. The third-order valence-corrected chi connectivity index (χ3v) is 3.23. The number of halogens is 3. The molecule has 7 heteroatoms. The number of fused-ring (bicyclic) bond motifs is 1. The molecule has 3 rings (SSSR count). The van der Waals surface area contributed by atoms with Gasteiger partial charge >= 0.3 is 12.1 Å². The van der Waals surface area contributed by atoms with Crippen LogP contribution in [0.2, 0.25) is 0 Å². The topological polar surface area (TPSA) is 66.0 Å². The number of hydrogen-bond acceptors (Lipinski definition) is 2. The second-order valence-corrected chi connectivity index (χ2v) is 4.70. The first-order chi connectivity index (χ1) is 10.3. The molecule has 0 spiro atoms. The van der Waals surface area contributed by atoms with Crippen molar-refractivity contribution >= 4 is 17.0 Å². The smallest absolute Gasteiger partial charge is 0.416 e. The van der Waals surface area contributed by atoms with E-state index in [1.165, 1.54) is 12.1 Å². The fourth-order valence-corrected chi connectivity index (χ4v) is 2.14. The maximum Gasteiger partial charge on any atom is 0.416 e. The Morgan fingerprint density at radius 1 is 1.05 bits per heavy atom. The monoisotopic (exact) mass is 306 g/mol. The van der Waals surface area contributed by atoms with E-state index in [0.717, 1.165) is 12.1 Å². The Kier molecular flexibility index (Phi) is 3.13. The lowest BCUT2D eigenvalue weighted by molar-refractivity contribution is -0.137. The van der Waals surface area contributed by atoms with Crippen LogP contribution >= 0.6 is 0 Å². The molecule has 0 amide bonds. The highest BCUT2D eigenvalue weighted by atomic mass is 19.4. The molecule has 3 aromatic rings. The van der Waals surface area contributed by atoms with E-state index in [1.54, 1.807) is 18.2 Å². The van der Waals surface area contributed by atoms with E-state index in [2.05, 4.69) is 9.97 Å². The summed E-state index contributed by atoms with van der Waals surface area (Å²) in [6.07, 6.45) is -4.37. The number of imidazole rings is 1. The van der Waals surface area contributed by atoms with E-state index in [9.17, 15) is 18.0 Å². The lowest BCUT2D eigenvalue weighted by Crippen LogP contribution is -2.03. The number of H-pyrrole nitrogens is 1. The molecule has 0 aliphatic rings. The van der Waals surface area contributed by atoms with Crippen molar-refractivity contribution in [3.8, 4) is 11.1 Å². The molecule has 0 unspecified atom stereocenters. The highest BCUT2D eigenvalue weighted by molar-refractivity contribution is 5.90. The fraction of sp³-hybridized carbons (Fsp3) is 0.0667. The molecule has 1 heterocycles. The zero-order valence-corrected chi connectivity index (χ0v) is 11.0. The molecule has 0 saturated carbocycles. The molecular weight excluding hydrogens is 297 g/mol. The Morgan fingerprint density at radius 3 is 2.27 bits per heavy atom. The van der Waals surface area contributed by atoms with Gasteiger partial charge in [-0.2, -0.15) is 13.2 Å². The molecule has 0 aliphatic heterocycles. The molecule has 22 heavy (non-hydrogen) atoms. The summed E-state index contributed by atoms with van der Waals surface area (Å²) in [5, 5.41) is 8.88. The van der Waals surface area contributed by atoms with Crippen molar-refractivity contribution in [1.29, 1.82) is 0 Å². The van der Waals surface area contributed by atoms with Gasteiger partial charge in [-0.3, -0.25) is 0 Å². The number of alkyl halides is 3. The minimum absolute atomic E-state index is 0.181. The second-order valence-electron chi connectivity index (χ2n) is 4.70. The number of nitrogens with zero attached hydrogens (tertiary/aromatic N) is 1. The maximum atomic E-state index is 12.5. The molecule has 0 saturated heterocycles. The number of aromatic nitrogens is 2. The summed E-state index contributed by atoms with van der Waals surface area (Å²) < 4.78 is 37.6. The molecular formula is C15H9F3N2O2. The number of rotatable bonds is 2. The first-order valence-electron chi connectivity index (χ1n) is 6.25. The summed E-state index contributed by atoms with van der Waals surface area (Å²) in [5.41, 5.74) is 1.52. The normalized spacial score (nSPS) is 11.8. The van der Waals surface area contributed by atoms with Crippen molar-refractivity contribution < 1.29 is 23.1 Å². The van der Waals surface area contributed by atoms with Gasteiger partial charge in [0.15, 0.2) is 0 Å². The molecule has 0 radical (unpaired) electrons. The second kappa shape index (κ2) is 4.87. The summed E-state index contributed by atoms with van der Waals surface area (Å²) in [6.45, 7) is 0. The first-order valence-corrected chi connectivity index (χ1v) is 6.25. The van der Waals surface area contributed by atoms with Gasteiger partial charge in [0, 0.05) is 0 Å². The summed E-state index contributed by atoms with van der Waals surface area (Å²) in [7, 11) is 0. The van der Waals surface area contributed by atoms with E-state index in [4.69, 9.17) is 5.11 Å². The molecule has 2 aromatic carbocycles. The molecule has 0 bridgehead atoms. The van der Waals surface area contributed by atoms with E-state index in [1.807, 2.05) is 0 Å². The van der Waals surface area contributed by atoms with E-state index in [0.29, 0.717) is 22.2 Å². The van der Waals surface area contributed by atoms with Crippen LogP contribution in [0.15, 0.2) is 42.5 Å². The Labute approximate surface area is 122 Å². The van der Waals surface area contributed by atoms with E-state index >= 15 is 0 Å². The van der Waals surface area contributed by atoms with E-state index in [-0.39, 0.29) is 5.82 Å². The Hall–Kier alpha value is -2.83. The highest BCUT2D eigenvalue weighted by Gasteiger charge is 2.29. The SMILES string of the molecule is O=C(O)c1nc2cc(-c3ccc(C(F)(F)F)cc3)ccc2[nH]1. The Morgan fingerprint density at radius 2 is 1.68 bits per heavy atom. The molecule has 0 aliphatic carbocycles. The van der Waals surface area contributed by atoms with Crippen LogP contribution < -0.4 is 0 Å². The van der Waals surface area contributed by atoms with Crippen LogP contribution in [-0.4, -0.2) is 21.0 Å². The van der Waals surface area contributed by atoms with Crippen molar-refractivity contribution in [2.75, 3.05) is 0 Å². The van der Waals surface area contributed by atoms with Crippen LogP contribution in [0.5, 0.6) is 0 Å². The largest absolute Gasteiger partial charge is 0.475 e. The van der Waals surface area contributed by atoms with Crippen molar-refractivity contribution in [3.05, 3.63) is 53.9 Å². The van der Waals surface area contributed by atoms with Gasteiger partial charge in [-0.15, -0.1) is 0 Å². The minimum atomic E-state index is -4.37. The van der Waals surface area contributed by atoms with Crippen molar-refractivity contribution in [2.24, 2.45) is 0 Å². The van der Waals surface area contributed by atoms with Gasteiger partial charge in [-0.25, -0.2) is 9.78 Å². The van der Waals surface area contributed by atoms with Crippen LogP contribution in [0.1, 0.15) is 16.2 Å². The zero-order valence-electron chi connectivity index (χ0n) is 11.0. The molecule has 112 valence electrons. The van der Waals surface area contributed by atoms with Crippen molar-refractivity contribution in [2.45, 2.75) is 6.18 Å². The minimum Gasteiger partial charge on any atom is -0.475 e. The van der Waals surface area contributed by atoms with Crippen molar-refractivity contribution in [1.82, 2.24) is 9.97 Å². The van der Waals surface area contributed by atoms with E-state index < -0.39 is 17.7 Å². The number of aromatic carboxylic acids is 1. The van der Waals surface area contributed by atoms with Crippen LogP contribution in [0.3, 0.4) is 0 Å². The lowest BCUT2D eigenvalue weighted by Gasteiger charge is -2.07. The Balaban J connectivity index is 2.01. The number of carbonyl (C=O) groups is 1. The molecule has 4 nitrogen and oxygen atoms in total.